The first-order chi connectivity index (χ1) is 8.15. The maximum Gasteiger partial charge on any atom is 0.138 e. The van der Waals surface area contributed by atoms with Gasteiger partial charge in [-0.25, -0.2) is 0 Å². The molecule has 0 atom stereocenters. The number of hydrogen-bond acceptors (Lipinski definition) is 3. The van der Waals surface area contributed by atoms with Gasteiger partial charge in [0.25, 0.3) is 0 Å². The monoisotopic (exact) mass is 229 g/mol. The third-order valence-electron chi connectivity index (χ3n) is 2.49. The number of nitrogens with two attached hydrogens (primary N) is 1. The maximum atomic E-state index is 9.46. The molecule has 0 amide bonds. The second kappa shape index (κ2) is 4.78. The topological polar surface area (TPSA) is 55.5 Å². The Labute approximate surface area is 100 Å². The highest BCUT2D eigenvalue weighted by atomic mass is 16.5. The smallest absolute Gasteiger partial charge is 0.138 e. The molecule has 0 spiro atoms. The zero-order valence-electron chi connectivity index (χ0n) is 9.68. The molecule has 0 saturated heterocycles. The van der Waals surface area contributed by atoms with Gasteiger partial charge in [0.15, 0.2) is 0 Å². The first-order valence-corrected chi connectivity index (χ1v) is 5.42. The lowest BCUT2D eigenvalue weighted by molar-refractivity contribution is 0.305. The van der Waals surface area contributed by atoms with E-state index < -0.39 is 0 Å². The van der Waals surface area contributed by atoms with Crippen LogP contribution in [0.4, 0.5) is 5.69 Å². The van der Waals surface area contributed by atoms with Crippen LogP contribution in [0.15, 0.2) is 42.5 Å². The highest BCUT2D eigenvalue weighted by molar-refractivity contribution is 5.52. The molecule has 0 unspecified atom stereocenters. The highest BCUT2D eigenvalue weighted by Gasteiger charge is 2.00. The zero-order valence-corrected chi connectivity index (χ0v) is 9.68. The van der Waals surface area contributed by atoms with Gasteiger partial charge in [-0.1, -0.05) is 18.2 Å². The molecule has 17 heavy (non-hydrogen) atoms. The molecule has 0 bridgehead atoms. The Morgan fingerprint density at radius 2 is 2.00 bits per heavy atom. The van der Waals surface area contributed by atoms with Crippen LogP contribution in [-0.2, 0) is 6.61 Å². The van der Waals surface area contributed by atoms with Gasteiger partial charge in [0.2, 0.25) is 0 Å². The molecule has 0 fully saturated rings. The predicted molar refractivity (Wildman–Crippen MR) is 68.0 cm³/mol. The highest BCUT2D eigenvalue weighted by Crippen LogP contribution is 2.22. The van der Waals surface area contributed by atoms with Crippen molar-refractivity contribution in [3.63, 3.8) is 0 Å². The van der Waals surface area contributed by atoms with Crippen molar-refractivity contribution in [3.05, 3.63) is 53.6 Å². The van der Waals surface area contributed by atoms with Gasteiger partial charge in [-0.2, -0.15) is 0 Å². The number of phenols is 1. The maximum absolute atomic E-state index is 9.46. The fourth-order valence-electron chi connectivity index (χ4n) is 1.55. The first-order valence-electron chi connectivity index (χ1n) is 5.42. The normalized spacial score (nSPS) is 10.2. The van der Waals surface area contributed by atoms with Crippen LogP contribution in [-0.4, -0.2) is 5.11 Å². The molecule has 0 heterocycles. The predicted octanol–water partition coefficient (Wildman–Crippen LogP) is 2.86. The van der Waals surface area contributed by atoms with E-state index in [1.54, 1.807) is 12.1 Å². The summed E-state index contributed by atoms with van der Waals surface area (Å²) in [6, 6.07) is 13.0. The minimum absolute atomic E-state index is 0.0929. The van der Waals surface area contributed by atoms with E-state index in [9.17, 15) is 5.11 Å². The van der Waals surface area contributed by atoms with E-state index in [1.807, 2.05) is 37.3 Å². The number of aryl methyl sites for hydroxylation is 1. The molecule has 0 saturated carbocycles. The third-order valence-corrected chi connectivity index (χ3v) is 2.49. The Balaban J connectivity index is 2.05. The molecule has 0 aliphatic heterocycles. The van der Waals surface area contributed by atoms with E-state index in [4.69, 9.17) is 10.5 Å². The largest absolute Gasteiger partial charge is 0.506 e. The molecule has 0 aliphatic carbocycles. The third kappa shape index (κ3) is 2.91. The van der Waals surface area contributed by atoms with Crippen LogP contribution < -0.4 is 10.5 Å². The Morgan fingerprint density at radius 3 is 2.71 bits per heavy atom. The number of anilines is 1. The molecule has 2 aromatic rings. The molecule has 3 N–H and O–H groups in total. The second-order valence-electron chi connectivity index (χ2n) is 4.00. The summed E-state index contributed by atoms with van der Waals surface area (Å²) in [5, 5.41) is 9.46. The quantitative estimate of drug-likeness (QED) is 0.628. The van der Waals surface area contributed by atoms with Crippen LogP contribution >= 0.6 is 0 Å². The zero-order chi connectivity index (χ0) is 12.3. The van der Waals surface area contributed by atoms with E-state index in [2.05, 4.69) is 0 Å². The summed E-state index contributed by atoms with van der Waals surface area (Å²) in [5.74, 6) is 0.914. The standard InChI is InChI=1S/C14H15NO2/c1-10-3-2-4-12(7-10)17-9-11-5-6-13(15)14(16)8-11/h2-8,16H,9,15H2,1H3. The SMILES string of the molecule is Cc1cccc(OCc2ccc(N)c(O)c2)c1. The summed E-state index contributed by atoms with van der Waals surface area (Å²) in [7, 11) is 0. The van der Waals surface area contributed by atoms with Crippen molar-refractivity contribution >= 4 is 5.69 Å². The second-order valence-corrected chi connectivity index (χ2v) is 4.00. The van der Waals surface area contributed by atoms with Gasteiger partial charge in [0.05, 0.1) is 5.69 Å². The number of benzene rings is 2. The molecule has 0 aromatic heterocycles. The van der Waals surface area contributed by atoms with E-state index in [-0.39, 0.29) is 5.75 Å². The van der Waals surface area contributed by atoms with E-state index in [0.717, 1.165) is 16.9 Å². The van der Waals surface area contributed by atoms with E-state index in [1.165, 1.54) is 0 Å². The average molecular weight is 229 g/mol. The van der Waals surface area contributed by atoms with Crippen LogP contribution in [0.25, 0.3) is 0 Å². The number of rotatable bonds is 3. The Hall–Kier alpha value is -2.16. The summed E-state index contributed by atoms with van der Waals surface area (Å²) < 4.78 is 5.62. The van der Waals surface area contributed by atoms with Crippen molar-refractivity contribution in [2.45, 2.75) is 13.5 Å². The minimum atomic E-state index is 0.0929. The van der Waals surface area contributed by atoms with Crippen LogP contribution in [0.1, 0.15) is 11.1 Å². The van der Waals surface area contributed by atoms with E-state index in [0.29, 0.717) is 12.3 Å². The van der Waals surface area contributed by atoms with Crippen LogP contribution in [0.5, 0.6) is 11.5 Å². The average Bonchev–Trinajstić information content (AvgIpc) is 2.31. The van der Waals surface area contributed by atoms with Crippen LogP contribution in [0.3, 0.4) is 0 Å². The van der Waals surface area contributed by atoms with Crippen molar-refractivity contribution in [2.24, 2.45) is 0 Å². The summed E-state index contributed by atoms with van der Waals surface area (Å²) in [5.41, 5.74) is 7.95. The van der Waals surface area contributed by atoms with Crippen molar-refractivity contribution in [1.29, 1.82) is 0 Å². The van der Waals surface area contributed by atoms with Gasteiger partial charge in [-0.3, -0.25) is 0 Å². The van der Waals surface area contributed by atoms with Crippen molar-refractivity contribution in [3.8, 4) is 11.5 Å². The van der Waals surface area contributed by atoms with Crippen molar-refractivity contribution in [2.75, 3.05) is 5.73 Å². The lowest BCUT2D eigenvalue weighted by atomic mass is 10.2. The number of hydrogen-bond donors (Lipinski definition) is 2. The molecule has 0 radical (unpaired) electrons. The van der Waals surface area contributed by atoms with Crippen molar-refractivity contribution in [1.82, 2.24) is 0 Å². The number of phenolic OH excluding ortho intramolecular Hbond substituents is 1. The molecule has 2 aromatic carbocycles. The van der Waals surface area contributed by atoms with E-state index >= 15 is 0 Å². The fraction of sp³-hybridized carbons (Fsp3) is 0.143. The van der Waals surface area contributed by atoms with Gasteiger partial charge in [0.1, 0.15) is 18.1 Å². The molecule has 3 heteroatoms. The van der Waals surface area contributed by atoms with Gasteiger partial charge >= 0.3 is 0 Å². The van der Waals surface area contributed by atoms with Crippen LogP contribution in [0.2, 0.25) is 0 Å². The molecule has 88 valence electrons. The van der Waals surface area contributed by atoms with Crippen LogP contribution in [0, 0.1) is 6.92 Å². The Morgan fingerprint density at radius 1 is 1.18 bits per heavy atom. The summed E-state index contributed by atoms with van der Waals surface area (Å²) >= 11 is 0. The first kappa shape index (κ1) is 11.3. The lowest BCUT2D eigenvalue weighted by Gasteiger charge is -2.08. The summed E-state index contributed by atoms with van der Waals surface area (Å²) in [6.07, 6.45) is 0. The molecular formula is C14H15NO2. The van der Waals surface area contributed by atoms with Crippen molar-refractivity contribution < 1.29 is 9.84 Å². The molecule has 0 aliphatic rings. The van der Waals surface area contributed by atoms with Gasteiger partial charge < -0.3 is 15.6 Å². The molecule has 3 nitrogen and oxygen atoms in total. The fourth-order valence-corrected chi connectivity index (χ4v) is 1.55. The summed E-state index contributed by atoms with van der Waals surface area (Å²) in [4.78, 5) is 0. The number of aromatic hydroxyl groups is 1. The molecular weight excluding hydrogens is 214 g/mol. The molecule has 2 rings (SSSR count). The minimum Gasteiger partial charge on any atom is -0.506 e. The lowest BCUT2D eigenvalue weighted by Crippen LogP contribution is -1.96. The van der Waals surface area contributed by atoms with Gasteiger partial charge in [-0.15, -0.1) is 0 Å². The Bertz CT molecular complexity index is 523. The number of nitrogen functional groups attached to an aromatic ring is 1. The van der Waals surface area contributed by atoms with Gasteiger partial charge in [0, 0.05) is 0 Å². The number of ether oxygens (including phenoxy) is 1. The Kier molecular flexibility index (Phi) is 3.19. The van der Waals surface area contributed by atoms with Gasteiger partial charge in [-0.05, 0) is 42.3 Å². The summed E-state index contributed by atoms with van der Waals surface area (Å²) in [6.45, 7) is 2.43.